The van der Waals surface area contributed by atoms with Gasteiger partial charge in [-0.15, -0.1) is 0 Å². The second-order valence-electron chi connectivity index (χ2n) is 15.8. The fourth-order valence-corrected chi connectivity index (χ4v) is 8.46. The van der Waals surface area contributed by atoms with Crippen LogP contribution < -0.4 is 24.7 Å². The molecule has 22 heteroatoms. The lowest BCUT2D eigenvalue weighted by Gasteiger charge is -2.32. The fourth-order valence-electron chi connectivity index (χ4n) is 6.71. The average molecular weight is 1010 g/mol. The first kappa shape index (κ1) is 50.6. The third-order valence-electron chi connectivity index (χ3n) is 11.0. The first-order chi connectivity index (χ1) is 29.6. The molecule has 65 heavy (non-hydrogen) atoms. The van der Waals surface area contributed by atoms with Gasteiger partial charge in [0.1, 0.15) is 34.4 Å². The Bertz CT molecular complexity index is 3090. The first-order valence-electron chi connectivity index (χ1n) is 19.1. The van der Waals surface area contributed by atoms with Gasteiger partial charge in [0.05, 0.1) is 57.3 Å². The third-order valence-corrected chi connectivity index (χ3v) is 14.1. The number of amides is 2. The van der Waals surface area contributed by atoms with E-state index in [-0.39, 0.29) is 69.1 Å². The van der Waals surface area contributed by atoms with Crippen LogP contribution in [0, 0.1) is 23.3 Å². The Labute approximate surface area is 382 Å². The van der Waals surface area contributed by atoms with Crippen LogP contribution in [0.5, 0.6) is 0 Å². The molecule has 4 aromatic carbocycles. The van der Waals surface area contributed by atoms with Gasteiger partial charge in [-0.2, -0.15) is 0 Å². The minimum atomic E-state index is -3.72. The molecule has 0 bridgehead atoms. The molecule has 3 heterocycles. The molecule has 0 aliphatic carbocycles. The molecule has 2 aromatic heterocycles. The highest BCUT2D eigenvalue weighted by Gasteiger charge is 2.53. The van der Waals surface area contributed by atoms with Crippen molar-refractivity contribution >= 4 is 93.7 Å². The fraction of sp³-hybridized carbons (Fsp3) is 0.302. The van der Waals surface area contributed by atoms with Crippen molar-refractivity contribution in [2.24, 2.45) is 0 Å². The molecular formula is C43H46BBrF4N4O10S2. The van der Waals surface area contributed by atoms with Crippen LogP contribution in [0.4, 0.5) is 28.9 Å². The highest BCUT2D eigenvalue weighted by Crippen LogP contribution is 2.42. The summed E-state index contributed by atoms with van der Waals surface area (Å²) in [5, 5.41) is 5.60. The molecule has 2 amide bonds. The summed E-state index contributed by atoms with van der Waals surface area (Å²) in [5.74, 6) is -4.67. The molecule has 7 rings (SSSR count). The summed E-state index contributed by atoms with van der Waals surface area (Å²) in [7, 11) is -2.70. The molecule has 0 unspecified atom stereocenters. The molecule has 6 aromatic rings. The van der Waals surface area contributed by atoms with Crippen molar-refractivity contribution in [3.8, 4) is 22.6 Å². The molecule has 1 aliphatic heterocycles. The summed E-state index contributed by atoms with van der Waals surface area (Å²) in [6.45, 7) is 7.42. The van der Waals surface area contributed by atoms with Gasteiger partial charge in [0.15, 0.2) is 11.5 Å². The normalized spacial score (nSPS) is 14.4. The molecule has 2 N–H and O–H groups in total. The number of sulfonamides is 2. The van der Waals surface area contributed by atoms with Crippen LogP contribution >= 0.6 is 15.9 Å². The summed E-state index contributed by atoms with van der Waals surface area (Å²) in [6, 6.07) is 11.8. The number of rotatable bonds is 9. The summed E-state index contributed by atoms with van der Waals surface area (Å²) in [5.41, 5.74) is -0.500. The standard InChI is InChI=1S/C24H27BF2N2O6S.C18H15BrF2N2O4S.CH4/c1-23(2)24(3,4)35-25(34-23)16-11-15-19(12-18(16)29(6)36(7,31)32)33-21(20(15)22(30)28-5)14-9-8-13(26)10-17(14)27;1-22-18(24)16-11-7-12(19)14(23(2)28(3,25)26)8-15(11)27-17(16)10-5-4-9(20)6-13(10)21;/h8-12H,1-7H3,(H,28,30);4-8H,1-3H3,(H,22,24);1H4. The maximum atomic E-state index is 14.7. The van der Waals surface area contributed by atoms with Crippen molar-refractivity contribution in [3.63, 3.8) is 0 Å². The number of nitrogens with one attached hydrogen (secondary N) is 2. The van der Waals surface area contributed by atoms with Crippen molar-refractivity contribution in [3.05, 3.63) is 99.5 Å². The molecule has 0 saturated carbocycles. The minimum Gasteiger partial charge on any atom is -0.455 e. The third kappa shape index (κ3) is 9.63. The predicted molar refractivity (Wildman–Crippen MR) is 247 cm³/mol. The zero-order valence-electron chi connectivity index (χ0n) is 36.0. The number of hydrogen-bond acceptors (Lipinski definition) is 10. The van der Waals surface area contributed by atoms with Crippen LogP contribution in [-0.2, 0) is 29.4 Å². The van der Waals surface area contributed by atoms with Gasteiger partial charge >= 0.3 is 7.12 Å². The highest BCUT2D eigenvalue weighted by molar-refractivity contribution is 9.10. The lowest BCUT2D eigenvalue weighted by molar-refractivity contribution is 0.00578. The van der Waals surface area contributed by atoms with Gasteiger partial charge in [-0.25, -0.2) is 34.4 Å². The van der Waals surface area contributed by atoms with Crippen molar-refractivity contribution in [2.45, 2.75) is 46.3 Å². The van der Waals surface area contributed by atoms with E-state index in [4.69, 9.17) is 18.1 Å². The summed E-state index contributed by atoms with van der Waals surface area (Å²) in [4.78, 5) is 25.4. The maximum Gasteiger partial charge on any atom is 0.497 e. The SMILES string of the molecule is C.CNC(=O)c1c(-c2ccc(F)cc2F)oc2cc(N(C)S(C)(=O)=O)c(B3OC(C)(C)C(C)(C)O3)cc12.CNC(=O)c1c(-c2ccc(F)cc2F)oc2cc(N(C)S(C)(=O)=O)c(Br)cc12. The van der Waals surface area contributed by atoms with Crippen molar-refractivity contribution in [2.75, 3.05) is 49.3 Å². The van der Waals surface area contributed by atoms with Crippen molar-refractivity contribution in [1.82, 2.24) is 10.6 Å². The Morgan fingerprint density at radius 2 is 1.03 bits per heavy atom. The molecule has 1 saturated heterocycles. The second kappa shape index (κ2) is 18.1. The van der Waals surface area contributed by atoms with Crippen LogP contribution in [0.25, 0.3) is 44.6 Å². The van der Waals surface area contributed by atoms with Crippen LogP contribution in [0.1, 0.15) is 55.8 Å². The number of nitrogens with zero attached hydrogens (tertiary/aromatic N) is 2. The van der Waals surface area contributed by atoms with Crippen LogP contribution in [0.15, 0.2) is 74.0 Å². The number of fused-ring (bicyclic) bond motifs is 2. The Morgan fingerprint density at radius 3 is 1.42 bits per heavy atom. The number of hydrogen-bond donors (Lipinski definition) is 2. The lowest BCUT2D eigenvalue weighted by atomic mass is 9.77. The molecule has 0 atom stereocenters. The molecule has 348 valence electrons. The van der Waals surface area contributed by atoms with Gasteiger partial charge in [-0.3, -0.25) is 18.2 Å². The molecular weight excluding hydrogens is 963 g/mol. The van der Waals surface area contributed by atoms with Crippen molar-refractivity contribution < 1.29 is 62.1 Å². The lowest BCUT2D eigenvalue weighted by Crippen LogP contribution is -2.41. The van der Waals surface area contributed by atoms with E-state index in [0.717, 1.165) is 33.3 Å². The Morgan fingerprint density at radius 1 is 0.646 bits per heavy atom. The largest absolute Gasteiger partial charge is 0.497 e. The molecule has 0 spiro atoms. The van der Waals surface area contributed by atoms with Crippen LogP contribution in [0.2, 0.25) is 0 Å². The minimum absolute atomic E-state index is 0. The number of furan rings is 2. The smallest absolute Gasteiger partial charge is 0.455 e. The van der Waals surface area contributed by atoms with Gasteiger partial charge < -0.3 is 28.8 Å². The van der Waals surface area contributed by atoms with Gasteiger partial charge in [0, 0.05) is 73.2 Å². The van der Waals surface area contributed by atoms with Gasteiger partial charge in [-0.05, 0) is 80.0 Å². The zero-order valence-corrected chi connectivity index (χ0v) is 39.3. The van der Waals surface area contributed by atoms with Crippen LogP contribution in [0.3, 0.4) is 0 Å². The number of benzene rings is 4. The van der Waals surface area contributed by atoms with E-state index in [1.165, 1.54) is 58.5 Å². The van der Waals surface area contributed by atoms with E-state index >= 15 is 0 Å². The highest BCUT2D eigenvalue weighted by atomic mass is 79.9. The van der Waals surface area contributed by atoms with Crippen molar-refractivity contribution in [1.29, 1.82) is 0 Å². The number of carbonyl (C=O) groups is 2. The summed E-state index contributed by atoms with van der Waals surface area (Å²) in [6.07, 6.45) is 2.09. The van der Waals surface area contributed by atoms with E-state index in [1.807, 2.05) is 27.7 Å². The maximum absolute atomic E-state index is 14.7. The average Bonchev–Trinajstić information content (AvgIpc) is 3.82. The topological polar surface area (TPSA) is 178 Å². The first-order valence-corrected chi connectivity index (χ1v) is 23.6. The number of halogens is 5. The number of carbonyl (C=O) groups excluding carboxylic acids is 2. The zero-order chi connectivity index (χ0) is 47.6. The summed E-state index contributed by atoms with van der Waals surface area (Å²) < 4.78 is 131. The summed E-state index contributed by atoms with van der Waals surface area (Å²) >= 11 is 3.30. The Balaban J connectivity index is 0.000000248. The molecule has 14 nitrogen and oxygen atoms in total. The van der Waals surface area contributed by atoms with Crippen LogP contribution in [-0.4, -0.2) is 87.7 Å². The van der Waals surface area contributed by atoms with Gasteiger partial charge in [0.25, 0.3) is 11.8 Å². The van der Waals surface area contributed by atoms with E-state index in [2.05, 4.69) is 26.6 Å². The van der Waals surface area contributed by atoms with E-state index in [1.54, 1.807) is 6.07 Å². The van der Waals surface area contributed by atoms with E-state index in [9.17, 15) is 44.0 Å². The molecule has 0 radical (unpaired) electrons. The number of anilines is 2. The molecule has 1 fully saturated rings. The predicted octanol–water partition coefficient (Wildman–Crippen LogP) is 7.96. The Hall–Kier alpha value is -5.42. The Kier molecular flexibility index (Phi) is 14.1. The monoisotopic (exact) mass is 1010 g/mol. The molecule has 1 aliphatic rings. The second-order valence-corrected chi connectivity index (χ2v) is 20.7. The van der Waals surface area contributed by atoms with E-state index in [0.29, 0.717) is 27.5 Å². The quantitative estimate of drug-likeness (QED) is 0.107. The van der Waals surface area contributed by atoms with Gasteiger partial charge in [-0.1, -0.05) is 7.43 Å². The van der Waals surface area contributed by atoms with E-state index < -0.39 is 73.5 Å². The van der Waals surface area contributed by atoms with Gasteiger partial charge in [0.2, 0.25) is 20.0 Å².